The highest BCUT2D eigenvalue weighted by Gasteiger charge is 2.10. The highest BCUT2D eigenvalue weighted by Crippen LogP contribution is 2.12. The van der Waals surface area contributed by atoms with Gasteiger partial charge in [0.1, 0.15) is 0 Å². The van der Waals surface area contributed by atoms with Crippen LogP contribution in [0.3, 0.4) is 0 Å². The number of nitro benzene ring substituents is 1. The maximum absolute atomic E-state index is 11.6. The lowest BCUT2D eigenvalue weighted by atomic mass is 10.2. The van der Waals surface area contributed by atoms with Crippen molar-refractivity contribution in [1.29, 1.82) is 0 Å². The number of halogens is 1. The summed E-state index contributed by atoms with van der Waals surface area (Å²) in [6, 6.07) is 5.74. The number of alkyl halides is 1. The van der Waals surface area contributed by atoms with Gasteiger partial charge in [-0.1, -0.05) is 28.7 Å². The van der Waals surface area contributed by atoms with Gasteiger partial charge in [0, 0.05) is 24.2 Å². The molecule has 1 N–H and O–H groups in total. The second-order valence-corrected chi connectivity index (χ2v) is 4.54. The predicted molar refractivity (Wildman–Crippen MR) is 73.6 cm³/mol. The molecule has 1 aromatic carbocycles. The van der Waals surface area contributed by atoms with Crippen molar-refractivity contribution in [2.24, 2.45) is 0 Å². The number of carbonyl (C=O) groups is 1. The quantitative estimate of drug-likeness (QED) is 0.282. The molecule has 0 saturated heterocycles. The first-order chi connectivity index (χ1) is 8.15. The molecule has 0 spiro atoms. The lowest BCUT2D eigenvalue weighted by molar-refractivity contribution is -0.384. The van der Waals surface area contributed by atoms with Gasteiger partial charge in [-0.25, -0.2) is 0 Å². The Hall–Kier alpha value is -1.18. The molecule has 17 heavy (non-hydrogen) atoms. The topological polar surface area (TPSA) is 72.2 Å². The third-order valence-electron chi connectivity index (χ3n) is 2.17. The van der Waals surface area contributed by atoms with Crippen molar-refractivity contribution < 1.29 is 9.72 Å². The minimum atomic E-state index is -0.507. The minimum Gasteiger partial charge on any atom is -0.352 e. The van der Waals surface area contributed by atoms with E-state index < -0.39 is 4.92 Å². The number of carbonyl (C=O) groups excluding carboxylic acids is 1. The van der Waals surface area contributed by atoms with Gasteiger partial charge < -0.3 is 5.32 Å². The van der Waals surface area contributed by atoms with E-state index in [0.717, 1.165) is 17.3 Å². The van der Waals surface area contributed by atoms with Crippen LogP contribution >= 0.6 is 22.6 Å². The second-order valence-electron chi connectivity index (χ2n) is 3.46. The van der Waals surface area contributed by atoms with Crippen molar-refractivity contribution in [2.45, 2.75) is 12.8 Å². The second kappa shape index (κ2) is 7.21. The smallest absolute Gasteiger partial charge is 0.270 e. The summed E-state index contributed by atoms with van der Waals surface area (Å²) >= 11 is 2.28. The normalized spacial score (nSPS) is 9.94. The molecule has 0 radical (unpaired) electrons. The molecule has 0 saturated carbocycles. The van der Waals surface area contributed by atoms with Gasteiger partial charge in [-0.3, -0.25) is 14.9 Å². The number of nitrogens with one attached hydrogen (secondary N) is 1. The van der Waals surface area contributed by atoms with E-state index >= 15 is 0 Å². The van der Waals surface area contributed by atoms with Gasteiger partial charge >= 0.3 is 0 Å². The van der Waals surface area contributed by atoms with E-state index in [1.165, 1.54) is 18.2 Å². The minimum absolute atomic E-state index is 0.0649. The van der Waals surface area contributed by atoms with Crippen LogP contribution in [0.5, 0.6) is 0 Å². The number of non-ortho nitro benzene ring substituents is 1. The maximum Gasteiger partial charge on any atom is 0.270 e. The lowest BCUT2D eigenvalue weighted by Gasteiger charge is -2.04. The Morgan fingerprint density at radius 2 is 2.18 bits per heavy atom. The molecule has 0 aliphatic rings. The van der Waals surface area contributed by atoms with Crippen LogP contribution in [0, 0.1) is 10.1 Å². The first kappa shape index (κ1) is 13.9. The van der Waals surface area contributed by atoms with Crippen molar-refractivity contribution >= 4 is 34.2 Å². The molecule has 0 unspecified atom stereocenters. The Morgan fingerprint density at radius 1 is 1.41 bits per heavy atom. The molecule has 6 heteroatoms. The van der Waals surface area contributed by atoms with Crippen molar-refractivity contribution in [3.8, 4) is 0 Å². The maximum atomic E-state index is 11.6. The van der Waals surface area contributed by atoms with Gasteiger partial charge in [0.25, 0.3) is 11.6 Å². The van der Waals surface area contributed by atoms with Crippen molar-refractivity contribution in [3.63, 3.8) is 0 Å². The summed E-state index contributed by atoms with van der Waals surface area (Å²) in [6.07, 6.45) is 1.97. The third kappa shape index (κ3) is 4.68. The molecule has 0 aromatic heterocycles. The largest absolute Gasteiger partial charge is 0.352 e. The van der Waals surface area contributed by atoms with Gasteiger partial charge in [0.2, 0.25) is 0 Å². The molecule has 92 valence electrons. The Kier molecular flexibility index (Phi) is 5.88. The van der Waals surface area contributed by atoms with Crippen LogP contribution in [-0.2, 0) is 0 Å². The average Bonchev–Trinajstić information content (AvgIpc) is 2.34. The number of rotatable bonds is 6. The Labute approximate surface area is 113 Å². The number of hydrogen-bond donors (Lipinski definition) is 1. The van der Waals surface area contributed by atoms with Crippen LogP contribution in [0.25, 0.3) is 0 Å². The van der Waals surface area contributed by atoms with Crippen molar-refractivity contribution in [3.05, 3.63) is 39.9 Å². The molecule has 5 nitrogen and oxygen atoms in total. The highest BCUT2D eigenvalue weighted by atomic mass is 127. The Bertz CT molecular complexity index is 409. The summed E-state index contributed by atoms with van der Waals surface area (Å²) in [7, 11) is 0. The summed E-state index contributed by atoms with van der Waals surface area (Å²) in [5.41, 5.74) is 0.263. The number of unbranched alkanes of at least 4 members (excludes halogenated alkanes) is 1. The van der Waals surface area contributed by atoms with Crippen LogP contribution in [-0.4, -0.2) is 21.8 Å². The van der Waals surface area contributed by atoms with E-state index in [4.69, 9.17) is 0 Å². The van der Waals surface area contributed by atoms with Crippen LogP contribution in [0.4, 0.5) is 5.69 Å². The average molecular weight is 348 g/mol. The zero-order chi connectivity index (χ0) is 12.7. The molecule has 1 rings (SSSR count). The zero-order valence-corrected chi connectivity index (χ0v) is 11.3. The standard InChI is InChI=1S/C11H13IN2O3/c12-6-1-2-7-13-11(15)9-4-3-5-10(8-9)14(16)17/h3-5,8H,1-2,6-7H2,(H,13,15). The van der Waals surface area contributed by atoms with E-state index in [9.17, 15) is 14.9 Å². The van der Waals surface area contributed by atoms with Gasteiger partial charge in [-0.2, -0.15) is 0 Å². The SMILES string of the molecule is O=C(NCCCCI)c1cccc([N+](=O)[O-])c1. The van der Waals surface area contributed by atoms with Crippen LogP contribution in [0.2, 0.25) is 0 Å². The number of nitrogens with zero attached hydrogens (tertiary/aromatic N) is 1. The predicted octanol–water partition coefficient (Wildman–Crippen LogP) is 2.54. The van der Waals surface area contributed by atoms with Crippen molar-refractivity contribution in [2.75, 3.05) is 11.0 Å². The van der Waals surface area contributed by atoms with Gasteiger partial charge in [0.05, 0.1) is 4.92 Å². The molecule has 1 aromatic rings. The summed E-state index contributed by atoms with van der Waals surface area (Å²) < 4.78 is 1.06. The van der Waals surface area contributed by atoms with Crippen LogP contribution < -0.4 is 5.32 Å². The molecule has 0 bridgehead atoms. The van der Waals surface area contributed by atoms with Gasteiger partial charge in [-0.15, -0.1) is 0 Å². The van der Waals surface area contributed by atoms with Crippen LogP contribution in [0.1, 0.15) is 23.2 Å². The van der Waals surface area contributed by atoms with E-state index in [1.54, 1.807) is 6.07 Å². The van der Waals surface area contributed by atoms with Gasteiger partial charge in [0.15, 0.2) is 0 Å². The highest BCUT2D eigenvalue weighted by molar-refractivity contribution is 14.1. The zero-order valence-electron chi connectivity index (χ0n) is 9.19. The molecular weight excluding hydrogens is 335 g/mol. The number of nitro groups is 1. The van der Waals surface area contributed by atoms with E-state index in [-0.39, 0.29) is 11.6 Å². The fraction of sp³-hybridized carbons (Fsp3) is 0.364. The molecule has 0 aliphatic heterocycles. The first-order valence-electron chi connectivity index (χ1n) is 5.24. The summed E-state index contributed by atoms with van der Waals surface area (Å²) in [5.74, 6) is -0.262. The van der Waals surface area contributed by atoms with E-state index in [0.29, 0.717) is 12.1 Å². The number of hydrogen-bond acceptors (Lipinski definition) is 3. The molecule has 1 amide bonds. The number of amides is 1. The Balaban J connectivity index is 2.56. The fourth-order valence-electron chi connectivity index (χ4n) is 1.28. The fourth-order valence-corrected chi connectivity index (χ4v) is 1.82. The number of benzene rings is 1. The van der Waals surface area contributed by atoms with Crippen LogP contribution in [0.15, 0.2) is 24.3 Å². The summed E-state index contributed by atoms with van der Waals surface area (Å²) in [4.78, 5) is 21.7. The Morgan fingerprint density at radius 3 is 2.82 bits per heavy atom. The van der Waals surface area contributed by atoms with Gasteiger partial charge in [-0.05, 0) is 23.3 Å². The van der Waals surface area contributed by atoms with Crippen molar-refractivity contribution in [1.82, 2.24) is 5.32 Å². The monoisotopic (exact) mass is 348 g/mol. The molecule has 0 atom stereocenters. The van der Waals surface area contributed by atoms with E-state index in [2.05, 4.69) is 27.9 Å². The first-order valence-corrected chi connectivity index (χ1v) is 6.76. The van der Waals surface area contributed by atoms with E-state index in [1.807, 2.05) is 0 Å². The molecular formula is C11H13IN2O3. The molecule has 0 aliphatic carbocycles. The lowest BCUT2D eigenvalue weighted by Crippen LogP contribution is -2.24. The third-order valence-corrected chi connectivity index (χ3v) is 2.93. The summed E-state index contributed by atoms with van der Waals surface area (Å²) in [5, 5.41) is 13.3. The molecule has 0 fully saturated rings. The summed E-state index contributed by atoms with van der Waals surface area (Å²) in [6.45, 7) is 0.602. The molecule has 0 heterocycles.